The van der Waals surface area contributed by atoms with E-state index in [2.05, 4.69) is 10.6 Å². The number of Topliss-reactive ketones (excluding diaryl/α,β-unsaturated/α-hetero) is 1. The highest BCUT2D eigenvalue weighted by Crippen LogP contribution is 2.44. The summed E-state index contributed by atoms with van der Waals surface area (Å²) in [5, 5.41) is 7.02. The summed E-state index contributed by atoms with van der Waals surface area (Å²) >= 11 is 0. The van der Waals surface area contributed by atoms with Gasteiger partial charge in [0, 0.05) is 11.3 Å². The second-order valence-corrected chi connectivity index (χ2v) is 9.03. The third-order valence-corrected chi connectivity index (χ3v) is 6.66. The Morgan fingerprint density at radius 2 is 1.71 bits per heavy atom. The fraction of sp³-hybridized carbons (Fsp3) is 0.241. The zero-order chi connectivity index (χ0) is 24.4. The van der Waals surface area contributed by atoms with Gasteiger partial charge in [-0.2, -0.15) is 0 Å². The Balaban J connectivity index is 1.54. The molecule has 35 heavy (non-hydrogen) atoms. The quantitative estimate of drug-likeness (QED) is 0.381. The number of hydrogen-bond donors (Lipinski definition) is 2. The minimum Gasteiger partial charge on any atom is -0.489 e. The molecule has 0 fully saturated rings. The Morgan fingerprint density at radius 1 is 0.971 bits per heavy atom. The summed E-state index contributed by atoms with van der Waals surface area (Å²) in [7, 11) is 1.33. The van der Waals surface area contributed by atoms with E-state index in [-0.39, 0.29) is 11.7 Å². The van der Waals surface area contributed by atoms with Crippen LogP contribution in [-0.4, -0.2) is 18.9 Å². The lowest BCUT2D eigenvalue weighted by Gasteiger charge is -2.32. The van der Waals surface area contributed by atoms with Gasteiger partial charge in [-0.15, -0.1) is 0 Å². The SMILES string of the molecule is COC(=O)[C@H]1C(=O)C2=C(C[C@H]1C)Nc1ccccc1N[C@H]2c1cccc(OCc2ccccc2)c1. The molecule has 0 amide bonds. The maximum absolute atomic E-state index is 13.8. The average Bonchev–Trinajstić information content (AvgIpc) is 3.05. The van der Waals surface area contributed by atoms with Crippen LogP contribution in [0.5, 0.6) is 5.75 Å². The van der Waals surface area contributed by atoms with Crippen LogP contribution >= 0.6 is 0 Å². The lowest BCUT2D eigenvalue weighted by molar-refractivity contribution is -0.151. The van der Waals surface area contributed by atoms with Gasteiger partial charge in [0.15, 0.2) is 5.78 Å². The first-order chi connectivity index (χ1) is 17.0. The van der Waals surface area contributed by atoms with Crippen molar-refractivity contribution < 1.29 is 19.1 Å². The van der Waals surface area contributed by atoms with Gasteiger partial charge in [-0.1, -0.05) is 61.5 Å². The van der Waals surface area contributed by atoms with Crippen LogP contribution in [0.1, 0.15) is 30.5 Å². The molecule has 1 aliphatic carbocycles. The van der Waals surface area contributed by atoms with Crippen LogP contribution in [0.3, 0.4) is 0 Å². The number of allylic oxidation sites excluding steroid dienone is 1. The number of carbonyl (C=O) groups is 2. The molecule has 3 aromatic rings. The standard InChI is InChI=1S/C29H28N2O4/c1-18-15-24-26(28(32)25(18)29(33)34-2)27(31-23-14-7-6-13-22(23)30-24)20-11-8-12-21(16-20)35-17-19-9-4-3-5-10-19/h3-14,16,18,25,27,30-31H,15,17H2,1-2H3/t18-,25-,27+/m1/s1. The van der Waals surface area contributed by atoms with Gasteiger partial charge in [-0.25, -0.2) is 0 Å². The predicted octanol–water partition coefficient (Wildman–Crippen LogP) is 5.50. The predicted molar refractivity (Wildman–Crippen MR) is 135 cm³/mol. The number of methoxy groups -OCH3 is 1. The number of hydrogen-bond acceptors (Lipinski definition) is 6. The van der Waals surface area contributed by atoms with Crippen LogP contribution in [0.15, 0.2) is 90.1 Å². The lowest BCUT2D eigenvalue weighted by atomic mass is 9.75. The van der Waals surface area contributed by atoms with E-state index in [0.717, 1.165) is 28.2 Å². The normalized spacial score (nSPS) is 21.1. The summed E-state index contributed by atoms with van der Waals surface area (Å²) < 4.78 is 11.1. The van der Waals surface area contributed by atoms with Crippen LogP contribution in [0, 0.1) is 11.8 Å². The van der Waals surface area contributed by atoms with Crippen molar-refractivity contribution >= 4 is 23.1 Å². The topological polar surface area (TPSA) is 76.7 Å². The van der Waals surface area contributed by atoms with Crippen molar-refractivity contribution in [2.75, 3.05) is 17.7 Å². The average molecular weight is 469 g/mol. The fourth-order valence-electron chi connectivity index (χ4n) is 4.91. The zero-order valence-electron chi connectivity index (χ0n) is 19.8. The highest BCUT2D eigenvalue weighted by Gasteiger charge is 2.44. The lowest BCUT2D eigenvalue weighted by Crippen LogP contribution is -2.39. The molecule has 1 aliphatic heterocycles. The van der Waals surface area contributed by atoms with Crippen molar-refractivity contribution in [3.05, 3.63) is 101 Å². The van der Waals surface area contributed by atoms with Gasteiger partial charge in [0.25, 0.3) is 0 Å². The number of ketones is 1. The van der Waals surface area contributed by atoms with Crippen molar-refractivity contribution in [1.29, 1.82) is 0 Å². The summed E-state index contributed by atoms with van der Waals surface area (Å²) in [5.41, 5.74) is 5.14. The second kappa shape index (κ2) is 9.66. The van der Waals surface area contributed by atoms with Gasteiger partial charge in [-0.05, 0) is 47.7 Å². The van der Waals surface area contributed by atoms with Gasteiger partial charge in [-0.3, -0.25) is 9.59 Å². The van der Waals surface area contributed by atoms with E-state index in [9.17, 15) is 9.59 Å². The molecule has 3 atom stereocenters. The fourth-order valence-corrected chi connectivity index (χ4v) is 4.91. The Bertz CT molecular complexity index is 1280. The Labute approximate surface area is 205 Å². The molecule has 0 saturated carbocycles. The molecule has 1 heterocycles. The summed E-state index contributed by atoms with van der Waals surface area (Å²) in [6.45, 7) is 2.36. The largest absolute Gasteiger partial charge is 0.489 e. The van der Waals surface area contributed by atoms with Gasteiger partial charge < -0.3 is 20.1 Å². The van der Waals surface area contributed by atoms with Crippen molar-refractivity contribution in [2.45, 2.75) is 26.0 Å². The molecule has 0 spiro atoms. The second-order valence-electron chi connectivity index (χ2n) is 9.03. The smallest absolute Gasteiger partial charge is 0.316 e. The number of rotatable bonds is 5. The molecular weight excluding hydrogens is 440 g/mol. The summed E-state index contributed by atoms with van der Waals surface area (Å²) in [4.78, 5) is 26.3. The maximum Gasteiger partial charge on any atom is 0.316 e. The molecule has 0 unspecified atom stereocenters. The molecule has 178 valence electrons. The molecule has 2 N–H and O–H groups in total. The third kappa shape index (κ3) is 4.52. The highest BCUT2D eigenvalue weighted by molar-refractivity contribution is 6.11. The first kappa shape index (κ1) is 22.7. The van der Waals surface area contributed by atoms with Crippen molar-refractivity contribution in [2.24, 2.45) is 11.8 Å². The van der Waals surface area contributed by atoms with Crippen molar-refractivity contribution in [1.82, 2.24) is 0 Å². The summed E-state index contributed by atoms with van der Waals surface area (Å²) in [6, 6.07) is 25.2. The number of esters is 1. The molecule has 2 aliphatic rings. The number of anilines is 2. The Kier molecular flexibility index (Phi) is 6.27. The van der Waals surface area contributed by atoms with Crippen LogP contribution in [0.4, 0.5) is 11.4 Å². The first-order valence-electron chi connectivity index (χ1n) is 11.8. The number of benzene rings is 3. The van der Waals surface area contributed by atoms with E-state index in [1.165, 1.54) is 7.11 Å². The van der Waals surface area contributed by atoms with Gasteiger partial charge in [0.1, 0.15) is 18.3 Å². The number of carbonyl (C=O) groups excluding carboxylic acids is 2. The number of nitrogens with one attached hydrogen (secondary N) is 2. The molecule has 0 radical (unpaired) electrons. The monoisotopic (exact) mass is 468 g/mol. The number of ether oxygens (including phenoxy) is 2. The van der Waals surface area contributed by atoms with Crippen molar-refractivity contribution in [3.63, 3.8) is 0 Å². The zero-order valence-corrected chi connectivity index (χ0v) is 19.8. The maximum atomic E-state index is 13.8. The molecular formula is C29H28N2O4. The molecule has 5 rings (SSSR count). The van der Waals surface area contributed by atoms with Crippen LogP contribution < -0.4 is 15.4 Å². The summed E-state index contributed by atoms with van der Waals surface area (Å²) in [5.74, 6) is -0.994. The minimum atomic E-state index is -0.830. The highest BCUT2D eigenvalue weighted by atomic mass is 16.5. The van der Waals surface area contributed by atoms with E-state index in [4.69, 9.17) is 9.47 Å². The van der Waals surface area contributed by atoms with E-state index in [1.54, 1.807) is 0 Å². The van der Waals surface area contributed by atoms with E-state index < -0.39 is 17.9 Å². The van der Waals surface area contributed by atoms with Gasteiger partial charge in [0.2, 0.25) is 0 Å². The third-order valence-electron chi connectivity index (χ3n) is 6.66. The van der Waals surface area contributed by atoms with Gasteiger partial charge >= 0.3 is 5.97 Å². The Morgan fingerprint density at radius 3 is 2.49 bits per heavy atom. The number of fused-ring (bicyclic) bond motifs is 1. The Hall–Kier alpha value is -4.06. The minimum absolute atomic E-state index is 0.173. The molecule has 0 saturated heterocycles. The molecule has 0 bridgehead atoms. The van der Waals surface area contributed by atoms with E-state index in [1.807, 2.05) is 85.8 Å². The summed E-state index contributed by atoms with van der Waals surface area (Å²) in [6.07, 6.45) is 0.567. The van der Waals surface area contributed by atoms with Crippen LogP contribution in [-0.2, 0) is 20.9 Å². The van der Waals surface area contributed by atoms with Gasteiger partial charge in [0.05, 0.1) is 24.5 Å². The van der Waals surface area contributed by atoms with Crippen LogP contribution in [0.2, 0.25) is 0 Å². The molecule has 6 nitrogen and oxygen atoms in total. The first-order valence-corrected chi connectivity index (χ1v) is 11.8. The van der Waals surface area contributed by atoms with E-state index in [0.29, 0.717) is 24.4 Å². The van der Waals surface area contributed by atoms with Crippen LogP contribution in [0.25, 0.3) is 0 Å². The number of para-hydroxylation sites is 2. The molecule has 6 heteroatoms. The molecule has 3 aromatic carbocycles. The van der Waals surface area contributed by atoms with Crippen molar-refractivity contribution in [3.8, 4) is 5.75 Å². The molecule has 0 aromatic heterocycles. The van der Waals surface area contributed by atoms with E-state index >= 15 is 0 Å².